The maximum atomic E-state index is 14.1. The van der Waals surface area contributed by atoms with Crippen molar-refractivity contribution in [2.45, 2.75) is 44.9 Å². The number of piperidine rings is 1. The average Bonchev–Trinajstić information content (AvgIpc) is 3.40. The first-order valence-corrected chi connectivity index (χ1v) is 14.5. The molecule has 10 heteroatoms. The van der Waals surface area contributed by atoms with Crippen LogP contribution in [0.2, 0.25) is 0 Å². The number of rotatable bonds is 5. The number of hydrogen-bond donors (Lipinski definition) is 2. The van der Waals surface area contributed by atoms with Crippen molar-refractivity contribution in [3.8, 4) is 22.6 Å². The van der Waals surface area contributed by atoms with E-state index in [2.05, 4.69) is 46.0 Å². The Morgan fingerprint density at radius 1 is 1.14 bits per heavy atom. The second-order valence-corrected chi connectivity index (χ2v) is 11.9. The molecule has 1 amide bonds. The largest absolute Gasteiger partial charge is 0.334 e. The quantitative estimate of drug-likeness (QED) is 0.303. The summed E-state index contributed by atoms with van der Waals surface area (Å²) in [5.74, 6) is 0.399. The monoisotopic (exact) mass is 562 g/mol. The molecule has 0 radical (unpaired) electrons. The highest BCUT2D eigenvalue weighted by Crippen LogP contribution is 2.38. The van der Waals surface area contributed by atoms with Gasteiger partial charge in [-0.05, 0) is 68.5 Å². The zero-order valence-corrected chi connectivity index (χ0v) is 23.3. The Bertz CT molecular complexity index is 1990. The van der Waals surface area contributed by atoms with Crippen LogP contribution in [0.5, 0.6) is 0 Å². The molecular formula is C32H31FN8O. The lowest BCUT2D eigenvalue weighted by molar-refractivity contribution is 0.0606. The van der Waals surface area contributed by atoms with Crippen molar-refractivity contribution in [1.82, 2.24) is 34.3 Å². The molecule has 212 valence electrons. The molecule has 6 aromatic rings. The fraction of sp³-hybridized carbons (Fsp3) is 0.312. The van der Waals surface area contributed by atoms with Gasteiger partial charge in [-0.3, -0.25) is 9.89 Å². The number of carbonyl (C=O) groups excluding carboxylic acids is 1. The molecule has 1 aliphatic heterocycles. The average molecular weight is 563 g/mol. The van der Waals surface area contributed by atoms with Gasteiger partial charge in [-0.15, -0.1) is 0 Å². The molecule has 0 spiro atoms. The first-order chi connectivity index (χ1) is 20.4. The zero-order valence-electron chi connectivity index (χ0n) is 23.3. The lowest BCUT2D eigenvalue weighted by atomic mass is 10.0. The van der Waals surface area contributed by atoms with Crippen molar-refractivity contribution in [2.24, 2.45) is 11.7 Å². The van der Waals surface area contributed by atoms with Gasteiger partial charge in [0, 0.05) is 47.2 Å². The topological polar surface area (TPSA) is 110 Å². The second-order valence-electron chi connectivity index (χ2n) is 11.9. The molecule has 2 atom stereocenters. The van der Waals surface area contributed by atoms with E-state index in [9.17, 15) is 9.18 Å². The van der Waals surface area contributed by atoms with E-state index >= 15 is 0 Å². The van der Waals surface area contributed by atoms with E-state index in [4.69, 9.17) is 15.8 Å². The Hall–Kier alpha value is -4.57. The molecular weight excluding hydrogens is 531 g/mol. The number of H-pyrrole nitrogens is 1. The highest BCUT2D eigenvalue weighted by molar-refractivity contribution is 5.96. The summed E-state index contributed by atoms with van der Waals surface area (Å²) in [5.41, 5.74) is 14.1. The summed E-state index contributed by atoms with van der Waals surface area (Å²) in [6.07, 6.45) is 5.20. The number of alkyl halides is 1. The van der Waals surface area contributed by atoms with E-state index < -0.39 is 6.17 Å². The molecule has 9 nitrogen and oxygen atoms in total. The van der Waals surface area contributed by atoms with Crippen LogP contribution in [-0.4, -0.2) is 65.5 Å². The molecule has 1 saturated carbocycles. The van der Waals surface area contributed by atoms with Gasteiger partial charge < -0.3 is 15.2 Å². The Balaban J connectivity index is 1.22. The number of aryl methyl sites for hydroxylation is 1. The number of carbonyl (C=O) groups is 1. The number of nitrogens with one attached hydrogen (secondary N) is 1. The molecule has 5 aromatic heterocycles. The number of aromatic nitrogens is 6. The van der Waals surface area contributed by atoms with E-state index in [0.29, 0.717) is 18.0 Å². The SMILES string of the molecule is Cc1c(-c2cc3ccc(-c4cccc5[nH]ncc45)nc3n2CC2CC2)nn2cc(C(=O)N3C[C@H](N)C[C@@H](F)C3)ccc12. The molecule has 0 unspecified atom stereocenters. The lowest BCUT2D eigenvalue weighted by Crippen LogP contribution is -2.50. The van der Waals surface area contributed by atoms with E-state index in [1.165, 1.54) is 17.7 Å². The van der Waals surface area contributed by atoms with Crippen molar-refractivity contribution in [1.29, 1.82) is 0 Å². The number of amides is 1. The van der Waals surface area contributed by atoms with Gasteiger partial charge in [0.2, 0.25) is 0 Å². The van der Waals surface area contributed by atoms with Gasteiger partial charge in [-0.1, -0.05) is 12.1 Å². The van der Waals surface area contributed by atoms with Crippen LogP contribution in [0.3, 0.4) is 0 Å². The van der Waals surface area contributed by atoms with Crippen molar-refractivity contribution in [2.75, 3.05) is 13.1 Å². The third kappa shape index (κ3) is 4.16. The van der Waals surface area contributed by atoms with Gasteiger partial charge in [-0.2, -0.15) is 10.2 Å². The third-order valence-corrected chi connectivity index (χ3v) is 8.73. The summed E-state index contributed by atoms with van der Waals surface area (Å²) in [6, 6.07) is 15.9. The molecule has 42 heavy (non-hydrogen) atoms. The Morgan fingerprint density at radius 2 is 2.02 bits per heavy atom. The number of likely N-dealkylation sites (tertiary alicyclic amines) is 1. The predicted octanol–water partition coefficient (Wildman–Crippen LogP) is 5.12. The van der Waals surface area contributed by atoms with E-state index in [1.807, 2.05) is 24.4 Å². The molecule has 2 fully saturated rings. The summed E-state index contributed by atoms with van der Waals surface area (Å²) in [6.45, 7) is 3.36. The predicted molar refractivity (Wildman–Crippen MR) is 160 cm³/mol. The molecule has 1 aromatic carbocycles. The van der Waals surface area contributed by atoms with Crippen LogP contribution >= 0.6 is 0 Å². The molecule has 1 saturated heterocycles. The van der Waals surface area contributed by atoms with Crippen molar-refractivity contribution >= 4 is 33.4 Å². The standard InChI is InChI=1S/C32H31FN8O/c1-18-28-10-8-21(32(42)39-16-22(33)12-23(34)17-39)15-41(28)38-30(18)29-11-20-7-9-26(36-31(20)40(29)14-19-5-6-19)24-3-2-4-27-25(24)13-35-37-27/h2-4,7-11,13,15,19,22-23H,5-6,12,14,16-17,34H2,1H3,(H,35,37)/t22-,23-/m1/s1. The fourth-order valence-electron chi connectivity index (χ4n) is 6.37. The summed E-state index contributed by atoms with van der Waals surface area (Å²) < 4.78 is 18.2. The van der Waals surface area contributed by atoms with Gasteiger partial charge >= 0.3 is 0 Å². The van der Waals surface area contributed by atoms with E-state index in [0.717, 1.165) is 62.2 Å². The number of nitrogens with zero attached hydrogens (tertiary/aromatic N) is 6. The minimum atomic E-state index is -1.10. The van der Waals surface area contributed by atoms with Gasteiger partial charge in [-0.25, -0.2) is 13.9 Å². The third-order valence-electron chi connectivity index (χ3n) is 8.73. The summed E-state index contributed by atoms with van der Waals surface area (Å²) >= 11 is 0. The highest BCUT2D eigenvalue weighted by atomic mass is 19.1. The molecule has 1 aliphatic carbocycles. The Labute approximate surface area is 241 Å². The smallest absolute Gasteiger partial charge is 0.255 e. The van der Waals surface area contributed by atoms with E-state index in [1.54, 1.807) is 16.8 Å². The molecule has 6 heterocycles. The second kappa shape index (κ2) is 9.49. The number of nitrogens with two attached hydrogens (primary N) is 1. The molecule has 0 bridgehead atoms. The van der Waals surface area contributed by atoms with Crippen LogP contribution in [0.15, 0.2) is 60.9 Å². The number of pyridine rings is 2. The van der Waals surface area contributed by atoms with Gasteiger partial charge in [0.15, 0.2) is 0 Å². The number of hydrogen-bond acceptors (Lipinski definition) is 5. The van der Waals surface area contributed by atoms with E-state index in [-0.39, 0.29) is 24.9 Å². The Morgan fingerprint density at radius 3 is 2.86 bits per heavy atom. The maximum Gasteiger partial charge on any atom is 0.255 e. The van der Waals surface area contributed by atoms with Gasteiger partial charge in [0.25, 0.3) is 5.91 Å². The van der Waals surface area contributed by atoms with Crippen molar-refractivity contribution in [3.05, 3.63) is 72.1 Å². The Kier molecular flexibility index (Phi) is 5.68. The summed E-state index contributed by atoms with van der Waals surface area (Å²) in [7, 11) is 0. The summed E-state index contributed by atoms with van der Waals surface area (Å²) in [5, 5.41) is 14.4. The summed E-state index contributed by atoms with van der Waals surface area (Å²) in [4.78, 5) is 19.9. The normalized spacial score (nSPS) is 19.4. The lowest BCUT2D eigenvalue weighted by Gasteiger charge is -2.32. The van der Waals surface area contributed by atoms with Crippen LogP contribution in [0.4, 0.5) is 4.39 Å². The van der Waals surface area contributed by atoms with Crippen LogP contribution in [-0.2, 0) is 6.54 Å². The maximum absolute atomic E-state index is 14.1. The minimum absolute atomic E-state index is 0.0688. The fourth-order valence-corrected chi connectivity index (χ4v) is 6.37. The van der Waals surface area contributed by atoms with Crippen molar-refractivity contribution < 1.29 is 9.18 Å². The first-order valence-electron chi connectivity index (χ1n) is 14.5. The highest BCUT2D eigenvalue weighted by Gasteiger charge is 2.30. The minimum Gasteiger partial charge on any atom is -0.334 e. The van der Waals surface area contributed by atoms with Crippen LogP contribution in [0, 0.1) is 12.8 Å². The number of aromatic amines is 1. The van der Waals surface area contributed by atoms with Gasteiger partial charge in [0.1, 0.15) is 17.5 Å². The molecule has 3 N–H and O–H groups in total. The number of fused-ring (bicyclic) bond motifs is 3. The van der Waals surface area contributed by atoms with Crippen LogP contribution < -0.4 is 5.73 Å². The molecule has 2 aliphatic rings. The van der Waals surface area contributed by atoms with Crippen LogP contribution in [0.25, 0.3) is 50.1 Å². The van der Waals surface area contributed by atoms with Crippen molar-refractivity contribution in [3.63, 3.8) is 0 Å². The van der Waals surface area contributed by atoms with Crippen LogP contribution in [0.1, 0.15) is 35.2 Å². The number of halogens is 1. The zero-order chi connectivity index (χ0) is 28.5. The number of benzene rings is 1. The van der Waals surface area contributed by atoms with Gasteiger partial charge in [0.05, 0.1) is 40.7 Å². The molecule has 8 rings (SSSR count). The first kappa shape index (κ1) is 25.2.